The molecule has 136 valence electrons. The molecule has 25 heavy (non-hydrogen) atoms. The topological polar surface area (TPSA) is 64.5 Å². The van der Waals surface area contributed by atoms with Gasteiger partial charge in [-0.1, -0.05) is 84.3 Å². The van der Waals surface area contributed by atoms with Crippen LogP contribution in [-0.2, 0) is 23.6 Å². The molecule has 0 aliphatic rings. The van der Waals surface area contributed by atoms with Crippen LogP contribution in [0.4, 0.5) is 0 Å². The average molecular weight is 414 g/mol. The summed E-state index contributed by atoms with van der Waals surface area (Å²) >= 11 is 10.7. The fraction of sp³-hybridized carbons (Fsp3) is 0.294. The van der Waals surface area contributed by atoms with Crippen molar-refractivity contribution in [2.75, 3.05) is 25.7 Å². The van der Waals surface area contributed by atoms with Gasteiger partial charge in [0.05, 0.1) is 12.6 Å². The highest BCUT2D eigenvalue weighted by Gasteiger charge is 2.15. The quantitative estimate of drug-likeness (QED) is 0.352. The number of rotatable bonds is 10. The SMILES string of the molecule is OP(=S)(CNCCCNCP(O)(=S)c1ccccc1)c1ccccc1. The van der Waals surface area contributed by atoms with Gasteiger partial charge in [0.15, 0.2) is 0 Å². The van der Waals surface area contributed by atoms with Crippen LogP contribution in [0.2, 0.25) is 0 Å². The van der Waals surface area contributed by atoms with Crippen LogP contribution in [0.15, 0.2) is 60.7 Å². The third-order valence-electron chi connectivity index (χ3n) is 3.68. The summed E-state index contributed by atoms with van der Waals surface area (Å²) in [5.41, 5.74) is 0. The van der Waals surface area contributed by atoms with Gasteiger partial charge < -0.3 is 20.4 Å². The lowest BCUT2D eigenvalue weighted by Gasteiger charge is -2.18. The molecule has 2 aromatic carbocycles. The monoisotopic (exact) mass is 414 g/mol. The lowest BCUT2D eigenvalue weighted by atomic mass is 10.4. The number of hydrogen-bond donors (Lipinski definition) is 4. The normalized spacial score (nSPS) is 16.1. The second kappa shape index (κ2) is 10.1. The number of nitrogens with one attached hydrogen (secondary N) is 2. The summed E-state index contributed by atoms with van der Waals surface area (Å²) in [7, 11) is 0. The summed E-state index contributed by atoms with van der Waals surface area (Å²) in [5, 5.41) is 8.12. The molecule has 0 radical (unpaired) electrons. The Hall–Kier alpha value is -0.420. The Morgan fingerprint density at radius 3 is 1.40 bits per heavy atom. The van der Waals surface area contributed by atoms with Crippen molar-refractivity contribution in [2.45, 2.75) is 6.42 Å². The van der Waals surface area contributed by atoms with E-state index in [4.69, 9.17) is 23.6 Å². The first-order chi connectivity index (χ1) is 11.9. The van der Waals surface area contributed by atoms with Gasteiger partial charge in [-0.2, -0.15) is 0 Å². The van der Waals surface area contributed by atoms with E-state index in [1.54, 1.807) is 0 Å². The summed E-state index contributed by atoms with van der Waals surface area (Å²) in [5.74, 6) is 0. The van der Waals surface area contributed by atoms with Crippen LogP contribution in [0.3, 0.4) is 0 Å². The van der Waals surface area contributed by atoms with Gasteiger partial charge in [0.1, 0.15) is 12.5 Å². The summed E-state index contributed by atoms with van der Waals surface area (Å²) in [4.78, 5) is 20.9. The lowest BCUT2D eigenvalue weighted by molar-refractivity contribution is 0.598. The van der Waals surface area contributed by atoms with Crippen molar-refractivity contribution in [3.05, 3.63) is 60.7 Å². The Bertz CT molecular complexity index is 681. The molecule has 0 aliphatic carbocycles. The van der Waals surface area contributed by atoms with Crippen molar-refractivity contribution < 1.29 is 9.79 Å². The van der Waals surface area contributed by atoms with Gasteiger partial charge in [0.2, 0.25) is 0 Å². The van der Waals surface area contributed by atoms with Crippen molar-refractivity contribution in [3.8, 4) is 0 Å². The molecule has 0 saturated heterocycles. The maximum atomic E-state index is 10.4. The molecule has 4 N–H and O–H groups in total. The fourth-order valence-corrected chi connectivity index (χ4v) is 6.15. The maximum absolute atomic E-state index is 10.4. The molecular weight excluding hydrogens is 390 g/mol. The number of benzene rings is 2. The first kappa shape index (κ1) is 20.9. The second-order valence-corrected chi connectivity index (χ2v) is 13.8. The van der Waals surface area contributed by atoms with E-state index >= 15 is 0 Å². The van der Waals surface area contributed by atoms with E-state index < -0.39 is 12.5 Å². The summed E-state index contributed by atoms with van der Waals surface area (Å²) in [6.45, 7) is 1.50. The predicted octanol–water partition coefficient (Wildman–Crippen LogP) is 1.90. The first-order valence-corrected chi connectivity index (χ1v) is 14.0. The minimum Gasteiger partial charge on any atom is -0.360 e. The molecule has 2 unspecified atom stereocenters. The first-order valence-electron chi connectivity index (χ1n) is 8.08. The van der Waals surface area contributed by atoms with E-state index in [-0.39, 0.29) is 0 Å². The zero-order valence-electron chi connectivity index (χ0n) is 13.9. The van der Waals surface area contributed by atoms with Crippen LogP contribution in [0.25, 0.3) is 0 Å². The van der Waals surface area contributed by atoms with E-state index in [1.165, 1.54) is 0 Å². The highest BCUT2D eigenvalue weighted by molar-refractivity contribution is 8.15. The van der Waals surface area contributed by atoms with Crippen LogP contribution in [0.5, 0.6) is 0 Å². The van der Waals surface area contributed by atoms with Crippen LogP contribution < -0.4 is 21.2 Å². The fourth-order valence-electron chi connectivity index (χ4n) is 2.30. The average Bonchev–Trinajstić information content (AvgIpc) is 2.62. The molecule has 0 saturated carbocycles. The van der Waals surface area contributed by atoms with Crippen molar-refractivity contribution in [1.29, 1.82) is 0 Å². The molecule has 2 aromatic rings. The Labute approximate surface area is 159 Å². The molecule has 0 heterocycles. The van der Waals surface area contributed by atoms with E-state index in [0.29, 0.717) is 12.6 Å². The van der Waals surface area contributed by atoms with Gasteiger partial charge in [0.25, 0.3) is 0 Å². The Morgan fingerprint density at radius 1 is 0.680 bits per heavy atom. The van der Waals surface area contributed by atoms with Crippen molar-refractivity contribution in [1.82, 2.24) is 10.6 Å². The largest absolute Gasteiger partial charge is 0.360 e. The molecular formula is C17H24N2O2P2S2. The summed E-state index contributed by atoms with van der Waals surface area (Å²) < 4.78 is 0. The minimum absolute atomic E-state index is 0.425. The highest BCUT2D eigenvalue weighted by atomic mass is 32.4. The molecule has 2 atom stereocenters. The van der Waals surface area contributed by atoms with Crippen LogP contribution in [-0.4, -0.2) is 35.4 Å². The predicted molar refractivity (Wildman–Crippen MR) is 116 cm³/mol. The lowest BCUT2D eigenvalue weighted by Crippen LogP contribution is -2.26. The summed E-state index contributed by atoms with van der Waals surface area (Å²) in [6.07, 6.45) is -3.31. The zero-order valence-corrected chi connectivity index (χ0v) is 17.3. The van der Waals surface area contributed by atoms with Crippen molar-refractivity contribution >= 4 is 46.8 Å². The van der Waals surface area contributed by atoms with Gasteiger partial charge in [-0.05, 0) is 19.5 Å². The van der Waals surface area contributed by atoms with Gasteiger partial charge in [-0.25, -0.2) is 0 Å². The van der Waals surface area contributed by atoms with Gasteiger partial charge >= 0.3 is 0 Å². The van der Waals surface area contributed by atoms with Crippen LogP contribution in [0.1, 0.15) is 6.42 Å². The molecule has 0 aliphatic heterocycles. The van der Waals surface area contributed by atoms with E-state index in [0.717, 1.165) is 30.1 Å². The Balaban J connectivity index is 1.64. The third kappa shape index (κ3) is 7.01. The minimum atomic E-state index is -2.52. The standard InChI is InChI=1S/C17H24N2O2P2S2/c20-22(24,16-8-3-1-4-9-16)14-18-12-7-13-19-15-23(21,25)17-10-5-2-6-11-17/h1-6,8-11,18-19H,7,12-15H2,(H,20,24)(H,21,25). The van der Waals surface area contributed by atoms with Crippen LogP contribution in [0, 0.1) is 0 Å². The Morgan fingerprint density at radius 2 is 1.04 bits per heavy atom. The van der Waals surface area contributed by atoms with Gasteiger partial charge in [-0.15, -0.1) is 0 Å². The molecule has 0 aromatic heterocycles. The molecule has 2 rings (SSSR count). The number of hydrogen-bond acceptors (Lipinski definition) is 4. The highest BCUT2D eigenvalue weighted by Crippen LogP contribution is 2.38. The smallest absolute Gasteiger partial charge is 0.105 e. The molecule has 4 nitrogen and oxygen atoms in total. The molecule has 0 spiro atoms. The second-order valence-electron chi connectivity index (χ2n) is 5.74. The zero-order chi connectivity index (χ0) is 18.2. The van der Waals surface area contributed by atoms with E-state index in [1.807, 2.05) is 60.7 Å². The molecule has 0 fully saturated rings. The van der Waals surface area contributed by atoms with E-state index in [2.05, 4.69) is 10.6 Å². The van der Waals surface area contributed by atoms with Crippen LogP contribution >= 0.6 is 12.5 Å². The van der Waals surface area contributed by atoms with Gasteiger partial charge in [-0.3, -0.25) is 0 Å². The third-order valence-corrected chi connectivity index (χ3v) is 9.23. The Kier molecular flexibility index (Phi) is 8.40. The molecule has 0 amide bonds. The maximum Gasteiger partial charge on any atom is 0.105 e. The summed E-state index contributed by atoms with van der Waals surface area (Å²) in [6, 6.07) is 18.9. The van der Waals surface area contributed by atoms with E-state index in [9.17, 15) is 9.79 Å². The van der Waals surface area contributed by atoms with Gasteiger partial charge in [0, 0.05) is 10.6 Å². The van der Waals surface area contributed by atoms with Crippen molar-refractivity contribution in [2.24, 2.45) is 0 Å². The molecule has 8 heteroatoms. The molecule has 0 bridgehead atoms. The van der Waals surface area contributed by atoms with Crippen molar-refractivity contribution in [3.63, 3.8) is 0 Å².